The minimum Gasteiger partial charge on any atom is -0.372 e. The maximum Gasteiger partial charge on any atom is 0.238 e. The molecule has 1 aliphatic heterocycles. The van der Waals surface area contributed by atoms with Gasteiger partial charge in [-0.05, 0) is 61.7 Å². The fourth-order valence-corrected chi connectivity index (χ4v) is 3.08. The van der Waals surface area contributed by atoms with Crippen molar-refractivity contribution in [3.63, 3.8) is 0 Å². The molecule has 6 heteroatoms. The van der Waals surface area contributed by atoms with Crippen molar-refractivity contribution in [2.75, 3.05) is 29.9 Å². The van der Waals surface area contributed by atoms with Gasteiger partial charge in [0, 0.05) is 30.5 Å². The lowest BCUT2D eigenvalue weighted by Crippen LogP contribution is -2.30. The average Bonchev–Trinajstić information content (AvgIpc) is 3.17. The van der Waals surface area contributed by atoms with Crippen LogP contribution in [0.15, 0.2) is 42.5 Å². The normalized spacial score (nSPS) is 15.1. The van der Waals surface area contributed by atoms with E-state index in [0.717, 1.165) is 30.9 Å². The number of anilines is 2. The smallest absolute Gasteiger partial charge is 0.238 e. The van der Waals surface area contributed by atoms with E-state index in [2.05, 4.69) is 15.5 Å². The highest BCUT2D eigenvalue weighted by Gasteiger charge is 2.13. The number of carbonyl (C=O) groups is 1. The van der Waals surface area contributed by atoms with E-state index >= 15 is 0 Å². The van der Waals surface area contributed by atoms with E-state index in [1.165, 1.54) is 24.6 Å². The van der Waals surface area contributed by atoms with Crippen LogP contribution < -0.4 is 15.5 Å². The number of amides is 1. The van der Waals surface area contributed by atoms with E-state index < -0.39 is 11.6 Å². The van der Waals surface area contributed by atoms with Crippen molar-refractivity contribution in [2.24, 2.45) is 0 Å². The second-order valence-electron chi connectivity index (χ2n) is 6.57. The van der Waals surface area contributed by atoms with Crippen LogP contribution >= 0.6 is 0 Å². The lowest BCUT2D eigenvalue weighted by molar-refractivity contribution is -0.115. The van der Waals surface area contributed by atoms with Gasteiger partial charge in [0.1, 0.15) is 0 Å². The van der Waals surface area contributed by atoms with Gasteiger partial charge in [0.25, 0.3) is 0 Å². The fourth-order valence-electron chi connectivity index (χ4n) is 3.08. The van der Waals surface area contributed by atoms with Crippen LogP contribution in [0.3, 0.4) is 0 Å². The van der Waals surface area contributed by atoms with Crippen LogP contribution in [0.4, 0.5) is 20.2 Å². The Kier molecular flexibility index (Phi) is 5.83. The summed E-state index contributed by atoms with van der Waals surface area (Å²) in [5.74, 6) is -1.96. The first-order chi connectivity index (χ1) is 12.5. The summed E-state index contributed by atoms with van der Waals surface area (Å²) in [6, 6.07) is 11.3. The van der Waals surface area contributed by atoms with Crippen molar-refractivity contribution in [2.45, 2.75) is 25.8 Å². The summed E-state index contributed by atoms with van der Waals surface area (Å²) in [5, 5.41) is 5.85. The quantitative estimate of drug-likeness (QED) is 0.823. The Bertz CT molecular complexity index is 758. The van der Waals surface area contributed by atoms with Crippen molar-refractivity contribution in [3.05, 3.63) is 59.7 Å². The highest BCUT2D eigenvalue weighted by atomic mass is 19.2. The molecule has 3 rings (SSSR count). The molecule has 1 atom stereocenters. The van der Waals surface area contributed by atoms with Gasteiger partial charge in [-0.3, -0.25) is 4.79 Å². The van der Waals surface area contributed by atoms with E-state index in [9.17, 15) is 13.6 Å². The second kappa shape index (κ2) is 8.27. The molecule has 0 radical (unpaired) electrons. The Balaban J connectivity index is 1.49. The van der Waals surface area contributed by atoms with Gasteiger partial charge in [-0.25, -0.2) is 8.78 Å². The minimum atomic E-state index is -0.890. The Morgan fingerprint density at radius 1 is 1.08 bits per heavy atom. The molecule has 1 aliphatic rings. The molecule has 2 aromatic rings. The molecule has 0 saturated carbocycles. The average molecular weight is 359 g/mol. The Labute approximate surface area is 152 Å². The van der Waals surface area contributed by atoms with E-state index in [1.54, 1.807) is 6.92 Å². The number of carbonyl (C=O) groups excluding carboxylic acids is 1. The topological polar surface area (TPSA) is 44.4 Å². The summed E-state index contributed by atoms with van der Waals surface area (Å²) in [5.41, 5.74) is 2.50. The zero-order valence-electron chi connectivity index (χ0n) is 14.8. The molecule has 2 aromatic carbocycles. The number of hydrogen-bond donors (Lipinski definition) is 2. The van der Waals surface area contributed by atoms with E-state index in [-0.39, 0.29) is 18.5 Å². The minimum absolute atomic E-state index is 0.0774. The first-order valence-electron chi connectivity index (χ1n) is 8.86. The fraction of sp³-hybridized carbons (Fsp3) is 0.350. The van der Waals surface area contributed by atoms with Crippen molar-refractivity contribution < 1.29 is 13.6 Å². The number of hydrogen-bond acceptors (Lipinski definition) is 3. The maximum atomic E-state index is 13.3. The number of rotatable bonds is 6. The molecule has 0 bridgehead atoms. The van der Waals surface area contributed by atoms with E-state index in [1.807, 2.05) is 24.3 Å². The van der Waals surface area contributed by atoms with E-state index in [4.69, 9.17) is 0 Å². The molecule has 2 N–H and O–H groups in total. The zero-order chi connectivity index (χ0) is 18.5. The van der Waals surface area contributed by atoms with Gasteiger partial charge in [0.15, 0.2) is 11.6 Å². The van der Waals surface area contributed by atoms with Crippen LogP contribution in [-0.4, -0.2) is 25.5 Å². The summed E-state index contributed by atoms with van der Waals surface area (Å²) >= 11 is 0. The second-order valence-corrected chi connectivity index (χ2v) is 6.57. The summed E-state index contributed by atoms with van der Waals surface area (Å²) in [7, 11) is 0. The van der Waals surface area contributed by atoms with Gasteiger partial charge < -0.3 is 15.5 Å². The van der Waals surface area contributed by atoms with Gasteiger partial charge in [-0.15, -0.1) is 0 Å². The molecule has 4 nitrogen and oxygen atoms in total. The van der Waals surface area contributed by atoms with Crippen LogP contribution in [-0.2, 0) is 4.79 Å². The van der Waals surface area contributed by atoms with Crippen molar-refractivity contribution in [1.29, 1.82) is 0 Å². The predicted octanol–water partition coefficient (Wildman–Crippen LogP) is 3.85. The Morgan fingerprint density at radius 2 is 1.77 bits per heavy atom. The van der Waals surface area contributed by atoms with Crippen molar-refractivity contribution >= 4 is 17.3 Å². The van der Waals surface area contributed by atoms with Crippen LogP contribution in [0.2, 0.25) is 0 Å². The third kappa shape index (κ3) is 4.58. The van der Waals surface area contributed by atoms with Crippen LogP contribution in [0.1, 0.15) is 31.4 Å². The highest BCUT2D eigenvalue weighted by molar-refractivity contribution is 5.92. The molecule has 0 unspecified atom stereocenters. The molecular formula is C20H23F2N3O. The Hall–Kier alpha value is -2.47. The lowest BCUT2D eigenvalue weighted by Gasteiger charge is -2.18. The van der Waals surface area contributed by atoms with Crippen LogP contribution in [0, 0.1) is 11.6 Å². The molecule has 1 heterocycles. The lowest BCUT2D eigenvalue weighted by atomic mass is 10.1. The van der Waals surface area contributed by atoms with E-state index in [0.29, 0.717) is 5.56 Å². The number of benzene rings is 2. The van der Waals surface area contributed by atoms with Gasteiger partial charge in [0.2, 0.25) is 5.91 Å². The van der Waals surface area contributed by atoms with Crippen LogP contribution in [0.5, 0.6) is 0 Å². The molecule has 138 valence electrons. The van der Waals surface area contributed by atoms with Crippen molar-refractivity contribution in [1.82, 2.24) is 5.32 Å². The first kappa shape index (κ1) is 18.3. The van der Waals surface area contributed by atoms with Crippen LogP contribution in [0.25, 0.3) is 0 Å². The number of halogens is 2. The zero-order valence-corrected chi connectivity index (χ0v) is 14.8. The maximum absolute atomic E-state index is 13.3. The van der Waals surface area contributed by atoms with Gasteiger partial charge in [0.05, 0.1) is 6.54 Å². The first-order valence-corrected chi connectivity index (χ1v) is 8.86. The molecule has 1 fully saturated rings. The summed E-state index contributed by atoms with van der Waals surface area (Å²) in [6.45, 7) is 4.04. The molecule has 1 saturated heterocycles. The van der Waals surface area contributed by atoms with Gasteiger partial charge in [-0.2, -0.15) is 0 Å². The summed E-state index contributed by atoms with van der Waals surface area (Å²) in [4.78, 5) is 14.4. The molecule has 0 aliphatic carbocycles. The highest BCUT2D eigenvalue weighted by Crippen LogP contribution is 2.22. The molecule has 1 amide bonds. The summed E-state index contributed by atoms with van der Waals surface area (Å²) < 4.78 is 26.3. The standard InChI is InChI=1S/C20H23F2N3O/c1-14(15-4-9-18(21)19(22)12-15)23-13-20(26)24-16-5-7-17(8-6-16)25-10-2-3-11-25/h4-9,12,14,23H,2-3,10-11,13H2,1H3,(H,24,26)/t14-/m1/s1. The largest absolute Gasteiger partial charge is 0.372 e. The molecular weight excluding hydrogens is 336 g/mol. The van der Waals surface area contributed by atoms with Crippen molar-refractivity contribution in [3.8, 4) is 0 Å². The molecule has 0 aromatic heterocycles. The molecule has 26 heavy (non-hydrogen) atoms. The third-order valence-electron chi connectivity index (χ3n) is 4.63. The molecule has 0 spiro atoms. The predicted molar refractivity (Wildman–Crippen MR) is 99.3 cm³/mol. The van der Waals surface area contributed by atoms with Gasteiger partial charge in [-0.1, -0.05) is 6.07 Å². The monoisotopic (exact) mass is 359 g/mol. The SMILES string of the molecule is C[C@@H](NCC(=O)Nc1ccc(N2CCCC2)cc1)c1ccc(F)c(F)c1. The Morgan fingerprint density at radius 3 is 2.42 bits per heavy atom. The van der Waals surface area contributed by atoms with Gasteiger partial charge >= 0.3 is 0 Å². The third-order valence-corrected chi connectivity index (χ3v) is 4.63. The number of nitrogens with zero attached hydrogens (tertiary/aromatic N) is 1. The summed E-state index contributed by atoms with van der Waals surface area (Å²) in [6.07, 6.45) is 2.45. The number of nitrogens with one attached hydrogen (secondary N) is 2.